The van der Waals surface area contributed by atoms with Crippen LogP contribution in [0.3, 0.4) is 0 Å². The van der Waals surface area contributed by atoms with Gasteiger partial charge in [0.15, 0.2) is 0 Å². The van der Waals surface area contributed by atoms with Gasteiger partial charge in [0.1, 0.15) is 0 Å². The summed E-state index contributed by atoms with van der Waals surface area (Å²) in [6.07, 6.45) is 5.05. The second kappa shape index (κ2) is 6.15. The highest BCUT2D eigenvalue weighted by Crippen LogP contribution is 2.35. The Kier molecular flexibility index (Phi) is 4.36. The van der Waals surface area contributed by atoms with Crippen molar-refractivity contribution in [3.05, 3.63) is 23.8 Å². The number of rotatable bonds is 4. The fourth-order valence-electron chi connectivity index (χ4n) is 3.35. The summed E-state index contributed by atoms with van der Waals surface area (Å²) < 4.78 is 26.7. The van der Waals surface area contributed by atoms with Crippen LogP contribution >= 0.6 is 0 Å². The van der Waals surface area contributed by atoms with Crippen LogP contribution in [0.15, 0.2) is 18.2 Å². The maximum atomic E-state index is 12.7. The van der Waals surface area contributed by atoms with Crippen molar-refractivity contribution in [1.82, 2.24) is 0 Å². The third-order valence-corrected chi connectivity index (χ3v) is 6.59. The molecule has 0 atom stereocenters. The van der Waals surface area contributed by atoms with Gasteiger partial charge in [0, 0.05) is 18.2 Å². The Morgan fingerprint density at radius 2 is 1.96 bits per heavy atom. The van der Waals surface area contributed by atoms with Gasteiger partial charge in [0.2, 0.25) is 15.9 Å². The fraction of sp³-hybridized carbons (Fsp3) is 0.588. The maximum absolute atomic E-state index is 12.7. The lowest BCUT2D eigenvalue weighted by Gasteiger charge is -2.22. The highest BCUT2D eigenvalue weighted by atomic mass is 32.2. The number of fused-ring (bicyclic) bond motifs is 1. The largest absolute Gasteiger partial charge is 0.312 e. The molecule has 0 spiro atoms. The van der Waals surface area contributed by atoms with Crippen molar-refractivity contribution in [2.75, 3.05) is 16.2 Å². The first-order valence-electron chi connectivity index (χ1n) is 8.34. The van der Waals surface area contributed by atoms with E-state index in [2.05, 4.69) is 4.72 Å². The molecule has 126 valence electrons. The van der Waals surface area contributed by atoms with Crippen LogP contribution in [-0.2, 0) is 21.2 Å². The van der Waals surface area contributed by atoms with Gasteiger partial charge in [-0.1, -0.05) is 18.9 Å². The normalized spacial score (nSPS) is 18.5. The summed E-state index contributed by atoms with van der Waals surface area (Å²) in [7, 11) is -3.38. The Morgan fingerprint density at radius 3 is 2.61 bits per heavy atom. The monoisotopic (exact) mass is 336 g/mol. The van der Waals surface area contributed by atoms with Crippen molar-refractivity contribution in [3.8, 4) is 0 Å². The molecule has 0 aromatic heterocycles. The number of hydrogen-bond acceptors (Lipinski definition) is 3. The van der Waals surface area contributed by atoms with Gasteiger partial charge in [0.25, 0.3) is 0 Å². The van der Waals surface area contributed by atoms with E-state index in [0.29, 0.717) is 12.2 Å². The van der Waals surface area contributed by atoms with E-state index in [9.17, 15) is 13.2 Å². The molecule has 1 heterocycles. The van der Waals surface area contributed by atoms with E-state index >= 15 is 0 Å². The van der Waals surface area contributed by atoms with Crippen LogP contribution in [0.4, 0.5) is 11.4 Å². The molecule has 2 aliphatic rings. The van der Waals surface area contributed by atoms with E-state index < -0.39 is 15.3 Å². The Bertz CT molecular complexity index is 707. The van der Waals surface area contributed by atoms with E-state index in [1.165, 1.54) is 0 Å². The first kappa shape index (κ1) is 16.3. The molecule has 3 rings (SSSR count). The Morgan fingerprint density at radius 1 is 1.26 bits per heavy atom. The number of nitrogens with zero attached hydrogens (tertiary/aromatic N) is 1. The van der Waals surface area contributed by atoms with Gasteiger partial charge in [-0.2, -0.15) is 0 Å². The lowest BCUT2D eigenvalue weighted by molar-refractivity contribution is -0.122. The number of hydrogen-bond donors (Lipinski definition) is 1. The molecule has 0 bridgehead atoms. The molecule has 0 radical (unpaired) electrons. The lowest BCUT2D eigenvalue weighted by atomic mass is 10.1. The molecule has 1 aliphatic heterocycles. The van der Waals surface area contributed by atoms with Crippen molar-refractivity contribution < 1.29 is 13.2 Å². The predicted molar refractivity (Wildman–Crippen MR) is 92.1 cm³/mol. The second-order valence-electron chi connectivity index (χ2n) is 6.76. The number of carbonyl (C=O) groups is 1. The van der Waals surface area contributed by atoms with Crippen LogP contribution < -0.4 is 9.62 Å². The Hall–Kier alpha value is -1.56. The van der Waals surface area contributed by atoms with Gasteiger partial charge in [-0.25, -0.2) is 8.42 Å². The summed E-state index contributed by atoms with van der Waals surface area (Å²) in [4.78, 5) is 14.5. The van der Waals surface area contributed by atoms with Crippen LogP contribution in [0.1, 0.15) is 45.1 Å². The van der Waals surface area contributed by atoms with Gasteiger partial charge >= 0.3 is 0 Å². The van der Waals surface area contributed by atoms with Crippen molar-refractivity contribution in [1.29, 1.82) is 0 Å². The van der Waals surface area contributed by atoms with Gasteiger partial charge in [-0.05, 0) is 50.8 Å². The van der Waals surface area contributed by atoms with Crippen LogP contribution in [0.5, 0.6) is 0 Å². The molecule has 1 saturated carbocycles. The van der Waals surface area contributed by atoms with Crippen LogP contribution in [0.25, 0.3) is 0 Å². The summed E-state index contributed by atoms with van der Waals surface area (Å²) in [6.45, 7) is 3.99. The van der Waals surface area contributed by atoms with Crippen molar-refractivity contribution in [2.45, 2.75) is 51.2 Å². The summed E-state index contributed by atoms with van der Waals surface area (Å²) >= 11 is 0. The topological polar surface area (TPSA) is 66.5 Å². The average Bonchev–Trinajstić information content (AvgIpc) is 3.15. The molecule has 6 heteroatoms. The molecule has 1 N–H and O–H groups in total. The molecule has 0 saturated heterocycles. The summed E-state index contributed by atoms with van der Waals surface area (Å²) in [6, 6.07) is 5.51. The van der Waals surface area contributed by atoms with Crippen molar-refractivity contribution in [2.24, 2.45) is 5.92 Å². The molecule has 5 nitrogen and oxygen atoms in total. The first-order chi connectivity index (χ1) is 10.9. The minimum atomic E-state index is -3.38. The number of nitrogens with one attached hydrogen (secondary N) is 1. The molecule has 23 heavy (non-hydrogen) atoms. The quantitative estimate of drug-likeness (QED) is 0.919. The number of carbonyl (C=O) groups excluding carboxylic acids is 1. The van der Waals surface area contributed by atoms with Crippen LogP contribution in [-0.4, -0.2) is 26.1 Å². The van der Waals surface area contributed by atoms with E-state index in [0.717, 1.165) is 43.4 Å². The highest BCUT2D eigenvalue weighted by Gasteiger charge is 2.32. The van der Waals surface area contributed by atoms with Crippen molar-refractivity contribution >= 4 is 27.3 Å². The number of sulfonamides is 1. The molecule has 1 aromatic carbocycles. The fourth-order valence-corrected chi connectivity index (χ4v) is 4.04. The lowest BCUT2D eigenvalue weighted by Crippen LogP contribution is -2.33. The molecule has 1 amide bonds. The first-order valence-corrected chi connectivity index (χ1v) is 9.89. The zero-order valence-electron chi connectivity index (χ0n) is 13.7. The average molecular weight is 336 g/mol. The van der Waals surface area contributed by atoms with E-state index in [1.807, 2.05) is 11.0 Å². The molecule has 0 unspecified atom stereocenters. The van der Waals surface area contributed by atoms with Gasteiger partial charge < -0.3 is 4.90 Å². The summed E-state index contributed by atoms with van der Waals surface area (Å²) in [5.41, 5.74) is 2.51. The maximum Gasteiger partial charge on any atom is 0.235 e. The molecule has 1 fully saturated rings. The molecular weight excluding hydrogens is 312 g/mol. The summed E-state index contributed by atoms with van der Waals surface area (Å²) in [5, 5.41) is -0.494. The Labute approximate surface area is 138 Å². The van der Waals surface area contributed by atoms with E-state index in [1.54, 1.807) is 26.0 Å². The number of anilines is 2. The third kappa shape index (κ3) is 3.22. The highest BCUT2D eigenvalue weighted by molar-refractivity contribution is 7.93. The van der Waals surface area contributed by atoms with Gasteiger partial charge in [-0.3, -0.25) is 9.52 Å². The zero-order chi connectivity index (χ0) is 16.6. The van der Waals surface area contributed by atoms with E-state index in [4.69, 9.17) is 0 Å². The number of benzene rings is 1. The minimum Gasteiger partial charge on any atom is -0.312 e. The molecule has 1 aliphatic carbocycles. The SMILES string of the molecule is CC(C)S(=O)(=O)Nc1ccc2c(c1)N(C(=O)C1CCCC1)CC2. The molecule has 1 aromatic rings. The third-order valence-electron chi connectivity index (χ3n) is 4.83. The number of amides is 1. The predicted octanol–water partition coefficient (Wildman–Crippen LogP) is 2.92. The smallest absolute Gasteiger partial charge is 0.235 e. The van der Waals surface area contributed by atoms with Crippen LogP contribution in [0, 0.1) is 5.92 Å². The van der Waals surface area contributed by atoms with Gasteiger partial charge in [0.05, 0.1) is 10.9 Å². The minimum absolute atomic E-state index is 0.136. The second-order valence-corrected chi connectivity index (χ2v) is 9.00. The van der Waals surface area contributed by atoms with Crippen molar-refractivity contribution in [3.63, 3.8) is 0 Å². The summed E-state index contributed by atoms with van der Waals surface area (Å²) in [5.74, 6) is 0.335. The molecular formula is C17H24N2O3S. The van der Waals surface area contributed by atoms with Gasteiger partial charge in [-0.15, -0.1) is 0 Å². The van der Waals surface area contributed by atoms with Crippen LogP contribution in [0.2, 0.25) is 0 Å². The Balaban J connectivity index is 1.84. The van der Waals surface area contributed by atoms with E-state index in [-0.39, 0.29) is 11.8 Å². The standard InChI is InChI=1S/C17H24N2O3S/c1-12(2)23(21,22)18-15-8-7-13-9-10-19(16(13)11-15)17(20)14-5-3-4-6-14/h7-8,11-12,14,18H,3-6,9-10H2,1-2H3. The zero-order valence-corrected chi connectivity index (χ0v) is 14.5.